The Morgan fingerprint density at radius 3 is 2.61 bits per heavy atom. The Hall–Kier alpha value is -3.52. The van der Waals surface area contributed by atoms with Crippen molar-refractivity contribution in [2.45, 2.75) is 25.8 Å². The van der Waals surface area contributed by atoms with E-state index in [-0.39, 0.29) is 12.1 Å². The Morgan fingerprint density at radius 1 is 1.09 bits per heavy atom. The van der Waals surface area contributed by atoms with Gasteiger partial charge < -0.3 is 19.1 Å². The molecule has 3 aromatic rings. The molecule has 8 heteroatoms. The average molecular weight is 449 g/mol. The fraction of sp³-hybridized carbons (Fsp3) is 0.360. The number of hydrogen-bond donors (Lipinski definition) is 0. The van der Waals surface area contributed by atoms with Crippen molar-refractivity contribution >= 4 is 17.5 Å². The lowest BCUT2D eigenvalue weighted by Gasteiger charge is -2.35. The Balaban J connectivity index is 1.59. The third-order valence-corrected chi connectivity index (χ3v) is 6.25. The van der Waals surface area contributed by atoms with Gasteiger partial charge in [-0.1, -0.05) is 18.2 Å². The molecule has 0 saturated carbocycles. The zero-order valence-corrected chi connectivity index (χ0v) is 18.9. The number of amides is 1. The number of benzene rings is 2. The summed E-state index contributed by atoms with van der Waals surface area (Å²) in [5.41, 5.74) is 3.67. The van der Waals surface area contributed by atoms with Crippen LogP contribution in [-0.4, -0.2) is 55.3 Å². The predicted molar refractivity (Wildman–Crippen MR) is 126 cm³/mol. The maximum Gasteiger partial charge on any atom is 0.414 e. The molecule has 0 spiro atoms. The molecule has 2 aromatic carbocycles. The molecular formula is C25H28N4O4. The van der Waals surface area contributed by atoms with Crippen LogP contribution in [-0.2, 0) is 15.9 Å². The number of nitrogens with zero attached hydrogens (tertiary/aromatic N) is 4. The number of morpholine rings is 1. The van der Waals surface area contributed by atoms with Crippen molar-refractivity contribution in [2.24, 2.45) is 0 Å². The Labute approximate surface area is 193 Å². The molecule has 1 atom stereocenters. The highest BCUT2D eigenvalue weighted by Gasteiger charge is 2.32. The minimum atomic E-state index is -0.365. The number of anilines is 2. The number of carbonyl (C=O) groups is 1. The average Bonchev–Trinajstić information content (AvgIpc) is 3.35. The number of ether oxygens (including phenoxy) is 3. The van der Waals surface area contributed by atoms with Crippen molar-refractivity contribution in [3.05, 3.63) is 60.4 Å². The molecule has 0 N–H and O–H groups in total. The van der Waals surface area contributed by atoms with Crippen LogP contribution < -0.4 is 14.5 Å². The fourth-order valence-electron chi connectivity index (χ4n) is 4.50. The molecule has 5 rings (SSSR count). The van der Waals surface area contributed by atoms with Crippen LogP contribution in [0.25, 0.3) is 5.69 Å². The summed E-state index contributed by atoms with van der Waals surface area (Å²) in [6.07, 6.45) is 5.14. The summed E-state index contributed by atoms with van der Waals surface area (Å²) in [6.45, 7) is 5.15. The second-order valence-corrected chi connectivity index (χ2v) is 8.30. The largest absolute Gasteiger partial charge is 0.455 e. The van der Waals surface area contributed by atoms with Crippen LogP contribution in [0.3, 0.4) is 0 Å². The van der Waals surface area contributed by atoms with Gasteiger partial charge in [-0.2, -0.15) is 5.10 Å². The van der Waals surface area contributed by atoms with Crippen LogP contribution in [0.4, 0.5) is 16.2 Å². The number of methoxy groups -OCH3 is 1. The third-order valence-electron chi connectivity index (χ3n) is 6.25. The van der Waals surface area contributed by atoms with Gasteiger partial charge in [0, 0.05) is 24.7 Å². The van der Waals surface area contributed by atoms with E-state index in [9.17, 15) is 4.79 Å². The van der Waals surface area contributed by atoms with Gasteiger partial charge in [-0.25, -0.2) is 9.48 Å². The lowest BCUT2D eigenvalue weighted by atomic mass is 9.95. The second kappa shape index (κ2) is 9.15. The van der Waals surface area contributed by atoms with Crippen molar-refractivity contribution in [3.63, 3.8) is 0 Å². The highest BCUT2D eigenvalue weighted by Crippen LogP contribution is 2.42. The first-order valence-electron chi connectivity index (χ1n) is 11.3. The Morgan fingerprint density at radius 2 is 1.85 bits per heavy atom. The van der Waals surface area contributed by atoms with Gasteiger partial charge in [-0.3, -0.25) is 4.90 Å². The van der Waals surface area contributed by atoms with Crippen LogP contribution in [0.1, 0.15) is 18.9 Å². The second-order valence-electron chi connectivity index (χ2n) is 8.30. The molecule has 0 radical (unpaired) electrons. The van der Waals surface area contributed by atoms with E-state index in [0.717, 1.165) is 54.3 Å². The van der Waals surface area contributed by atoms with Crippen molar-refractivity contribution in [1.82, 2.24) is 9.78 Å². The molecule has 2 aliphatic heterocycles. The van der Waals surface area contributed by atoms with Crippen LogP contribution >= 0.6 is 0 Å². The third kappa shape index (κ3) is 4.14. The van der Waals surface area contributed by atoms with Gasteiger partial charge in [0.2, 0.25) is 0 Å². The van der Waals surface area contributed by atoms with Gasteiger partial charge >= 0.3 is 6.09 Å². The number of rotatable bonds is 4. The Bertz CT molecular complexity index is 1120. The number of fused-ring (bicyclic) bond motifs is 1. The molecule has 1 fully saturated rings. The minimum Gasteiger partial charge on any atom is -0.455 e. The molecular weight excluding hydrogens is 420 g/mol. The number of aromatic nitrogens is 2. The molecule has 8 nitrogen and oxygen atoms in total. The van der Waals surface area contributed by atoms with E-state index in [2.05, 4.69) is 10.00 Å². The van der Waals surface area contributed by atoms with Crippen molar-refractivity contribution in [1.29, 1.82) is 0 Å². The van der Waals surface area contributed by atoms with Gasteiger partial charge in [0.15, 0.2) is 5.75 Å². The summed E-state index contributed by atoms with van der Waals surface area (Å²) >= 11 is 0. The normalized spacial score (nSPS) is 18.1. The predicted octanol–water partition coefficient (Wildman–Crippen LogP) is 4.41. The fourth-order valence-corrected chi connectivity index (χ4v) is 4.50. The SMILES string of the molecule is COC(=O)N1c2ccc(-n3cc(N4CCOCC4)cn3)c(Oc3ccccc3)c2CC[C@@H]1C. The van der Waals surface area contributed by atoms with Crippen LogP contribution in [0.5, 0.6) is 11.5 Å². The lowest BCUT2D eigenvalue weighted by Crippen LogP contribution is -2.42. The zero-order valence-electron chi connectivity index (χ0n) is 18.9. The molecule has 0 bridgehead atoms. The number of carbonyl (C=O) groups excluding carboxylic acids is 1. The zero-order chi connectivity index (χ0) is 22.8. The summed E-state index contributed by atoms with van der Waals surface area (Å²) in [5, 5.41) is 4.65. The quantitative estimate of drug-likeness (QED) is 0.589. The maximum atomic E-state index is 12.6. The molecule has 1 saturated heterocycles. The molecule has 1 amide bonds. The molecule has 3 heterocycles. The summed E-state index contributed by atoms with van der Waals surface area (Å²) < 4.78 is 18.8. The molecule has 0 unspecified atom stereocenters. The van der Waals surface area contributed by atoms with E-state index >= 15 is 0 Å². The highest BCUT2D eigenvalue weighted by atomic mass is 16.5. The van der Waals surface area contributed by atoms with E-state index in [4.69, 9.17) is 14.2 Å². The summed E-state index contributed by atoms with van der Waals surface area (Å²) in [4.78, 5) is 16.6. The van der Waals surface area contributed by atoms with Crippen LogP contribution in [0, 0.1) is 0 Å². The summed E-state index contributed by atoms with van der Waals surface area (Å²) in [5.74, 6) is 1.44. The lowest BCUT2D eigenvalue weighted by molar-refractivity contribution is 0.122. The summed E-state index contributed by atoms with van der Waals surface area (Å²) in [6, 6.07) is 13.7. The summed E-state index contributed by atoms with van der Waals surface area (Å²) in [7, 11) is 1.41. The first-order valence-corrected chi connectivity index (χ1v) is 11.3. The van der Waals surface area contributed by atoms with E-state index in [1.165, 1.54) is 7.11 Å². The van der Waals surface area contributed by atoms with E-state index < -0.39 is 0 Å². The smallest absolute Gasteiger partial charge is 0.414 e. The van der Waals surface area contributed by atoms with Crippen molar-refractivity contribution in [2.75, 3.05) is 43.2 Å². The maximum absolute atomic E-state index is 12.6. The molecule has 172 valence electrons. The highest BCUT2D eigenvalue weighted by molar-refractivity contribution is 5.91. The molecule has 33 heavy (non-hydrogen) atoms. The van der Waals surface area contributed by atoms with E-state index in [1.807, 2.05) is 66.5 Å². The van der Waals surface area contributed by atoms with Crippen LogP contribution in [0.15, 0.2) is 54.9 Å². The monoisotopic (exact) mass is 448 g/mol. The van der Waals surface area contributed by atoms with E-state index in [1.54, 1.807) is 4.90 Å². The topological polar surface area (TPSA) is 69.1 Å². The van der Waals surface area contributed by atoms with Crippen LogP contribution in [0.2, 0.25) is 0 Å². The number of para-hydroxylation sites is 1. The molecule has 1 aromatic heterocycles. The van der Waals surface area contributed by atoms with Gasteiger partial charge in [0.25, 0.3) is 0 Å². The Kier molecular flexibility index (Phi) is 5.92. The number of hydrogen-bond acceptors (Lipinski definition) is 6. The van der Waals surface area contributed by atoms with Gasteiger partial charge in [-0.15, -0.1) is 0 Å². The molecule has 2 aliphatic rings. The first-order chi connectivity index (χ1) is 16.2. The van der Waals surface area contributed by atoms with Crippen molar-refractivity contribution < 1.29 is 19.0 Å². The standard InChI is InChI=1S/C25H28N4O4/c1-18-8-9-21-22(29(18)25(30)31-2)10-11-23(24(21)33-20-6-4-3-5-7-20)28-17-19(16-26-28)27-12-14-32-15-13-27/h3-7,10-11,16-18H,8-9,12-15H2,1-2H3/t18-/m0/s1. The van der Waals surface area contributed by atoms with Gasteiger partial charge in [-0.05, 0) is 44.0 Å². The van der Waals surface area contributed by atoms with Gasteiger partial charge in [0.05, 0.1) is 44.1 Å². The van der Waals surface area contributed by atoms with Crippen molar-refractivity contribution in [3.8, 4) is 17.2 Å². The van der Waals surface area contributed by atoms with E-state index in [0.29, 0.717) is 19.0 Å². The minimum absolute atomic E-state index is 0.0398. The molecule has 0 aliphatic carbocycles. The first kappa shape index (κ1) is 21.3. The van der Waals surface area contributed by atoms with Gasteiger partial charge in [0.1, 0.15) is 11.4 Å².